The average molecular weight is 555 g/mol. The van der Waals surface area contributed by atoms with Crippen LogP contribution in [0.15, 0.2) is 0 Å². The van der Waals surface area contributed by atoms with Crippen molar-refractivity contribution in [2.75, 3.05) is 6.61 Å². The van der Waals surface area contributed by atoms with Gasteiger partial charge in [-0.3, -0.25) is 4.18 Å². The topological polar surface area (TPSA) is 107 Å². The predicted octanol–water partition coefficient (Wildman–Crippen LogP) is 0.830. The Morgan fingerprint density at radius 2 is 0.886 bits per heavy atom. The van der Waals surface area contributed by atoms with Crippen LogP contribution in [0.5, 0.6) is 0 Å². The summed E-state index contributed by atoms with van der Waals surface area (Å²) in [5.74, 6) is -0.907. The van der Waals surface area contributed by atoms with Crippen molar-refractivity contribution in [3.05, 3.63) is 0 Å². The second-order valence-corrected chi connectivity index (χ2v) is 10.1. The standard InChI is InChI=1S/C14H28O2.C12H26O4S.K.Na/c1-2-3-4-5-6-7-8-9-10-11-12-13-14(15)16;1-2-3-4-5-6-7-8-9-10-11-12-16-17(13,14)15;;/h2-13H2,1H3,(H,15,16);2-12H2,1H3,(H,13,14,15);;/q;;2*+1/p-2. The number of carboxylic acid groups (broad SMARTS) is 1. The van der Waals surface area contributed by atoms with Crippen LogP contribution >= 0.6 is 0 Å². The minimum Gasteiger partial charge on any atom is -0.726 e. The van der Waals surface area contributed by atoms with Crippen molar-refractivity contribution in [3.8, 4) is 0 Å². The Kier molecular flexibility index (Phi) is 45.2. The fraction of sp³-hybridized carbons (Fsp3) is 0.962. The summed E-state index contributed by atoms with van der Waals surface area (Å²) in [6, 6.07) is 0. The van der Waals surface area contributed by atoms with E-state index in [1.54, 1.807) is 0 Å². The van der Waals surface area contributed by atoms with Gasteiger partial charge in [-0.25, -0.2) is 8.42 Å². The minimum absolute atomic E-state index is 0. The molecular formula is C26H52KNaO6S. The van der Waals surface area contributed by atoms with E-state index in [-0.39, 0.29) is 94.0 Å². The van der Waals surface area contributed by atoms with Gasteiger partial charge in [0.2, 0.25) is 10.4 Å². The molecule has 0 N–H and O–H groups in total. The summed E-state index contributed by atoms with van der Waals surface area (Å²) in [6.45, 7) is 4.49. The van der Waals surface area contributed by atoms with E-state index in [4.69, 9.17) is 0 Å². The molecule has 9 heteroatoms. The number of carbonyl (C=O) groups excluding carboxylic acids is 1. The first-order valence-electron chi connectivity index (χ1n) is 13.6. The molecule has 6 nitrogen and oxygen atoms in total. The van der Waals surface area contributed by atoms with Gasteiger partial charge < -0.3 is 14.5 Å². The molecule has 0 aliphatic heterocycles. The van der Waals surface area contributed by atoms with E-state index < -0.39 is 16.4 Å². The molecule has 0 aromatic heterocycles. The zero-order valence-corrected chi connectivity index (χ0v) is 29.6. The molecule has 0 rings (SSSR count). The summed E-state index contributed by atoms with van der Waals surface area (Å²) in [5.41, 5.74) is 0. The van der Waals surface area contributed by atoms with E-state index in [2.05, 4.69) is 18.0 Å². The first-order chi connectivity index (χ1) is 15.8. The SMILES string of the molecule is CCCCCCCCCCCCCC(=O)[O-].CCCCCCCCCCCCOS(=O)(=O)[O-].[K+].[Na+]. The van der Waals surface area contributed by atoms with Crippen LogP contribution in [-0.2, 0) is 19.4 Å². The van der Waals surface area contributed by atoms with Crippen molar-refractivity contribution in [1.82, 2.24) is 0 Å². The molecule has 0 aliphatic carbocycles. The maximum atomic E-state index is 10.1. The average Bonchev–Trinajstić information content (AvgIpc) is 2.75. The zero-order valence-electron chi connectivity index (χ0n) is 23.6. The molecule has 0 atom stereocenters. The van der Waals surface area contributed by atoms with Crippen molar-refractivity contribution in [1.29, 1.82) is 0 Å². The van der Waals surface area contributed by atoms with E-state index in [0.29, 0.717) is 6.42 Å². The van der Waals surface area contributed by atoms with Gasteiger partial charge in [-0.2, -0.15) is 0 Å². The minimum atomic E-state index is -4.48. The van der Waals surface area contributed by atoms with Gasteiger partial charge in [-0.1, -0.05) is 136 Å². The molecule has 0 radical (unpaired) electrons. The smallest absolute Gasteiger partial charge is 0.726 e. The second kappa shape index (κ2) is 36.0. The Morgan fingerprint density at radius 1 is 0.600 bits per heavy atom. The molecule has 0 bridgehead atoms. The molecule has 0 aliphatic rings. The van der Waals surface area contributed by atoms with E-state index in [1.807, 2.05) is 0 Å². The number of hydrogen-bond donors (Lipinski definition) is 0. The molecule has 200 valence electrons. The third kappa shape index (κ3) is 49.5. The normalized spacial score (nSPS) is 10.6. The number of hydrogen-bond acceptors (Lipinski definition) is 6. The first kappa shape index (κ1) is 44.0. The van der Waals surface area contributed by atoms with Crippen molar-refractivity contribution < 1.29 is 108 Å². The predicted molar refractivity (Wildman–Crippen MR) is 134 cm³/mol. The molecule has 0 unspecified atom stereocenters. The maximum absolute atomic E-state index is 10.1. The molecule has 0 aromatic rings. The van der Waals surface area contributed by atoms with Crippen molar-refractivity contribution in [3.63, 3.8) is 0 Å². The van der Waals surface area contributed by atoms with Crippen molar-refractivity contribution >= 4 is 16.4 Å². The van der Waals surface area contributed by atoms with Crippen LogP contribution in [0.2, 0.25) is 0 Å². The Labute approximate surface area is 282 Å². The summed E-state index contributed by atoms with van der Waals surface area (Å²) >= 11 is 0. The van der Waals surface area contributed by atoms with E-state index >= 15 is 0 Å². The van der Waals surface area contributed by atoms with Gasteiger partial charge >= 0.3 is 80.9 Å². The molecular weight excluding hydrogens is 502 g/mol. The number of rotatable bonds is 24. The first-order valence-corrected chi connectivity index (χ1v) is 15.0. The molecule has 0 heterocycles. The van der Waals surface area contributed by atoms with Gasteiger partial charge in [-0.05, 0) is 19.3 Å². The Morgan fingerprint density at radius 3 is 1.17 bits per heavy atom. The van der Waals surface area contributed by atoms with Crippen LogP contribution in [0.3, 0.4) is 0 Å². The summed E-state index contributed by atoms with van der Waals surface area (Å²) in [7, 11) is -4.48. The van der Waals surface area contributed by atoms with Gasteiger partial charge in [0.15, 0.2) is 0 Å². The summed E-state index contributed by atoms with van der Waals surface area (Å²) in [5, 5.41) is 10.1. The van der Waals surface area contributed by atoms with Gasteiger partial charge in [0.05, 0.1) is 6.61 Å². The van der Waals surface area contributed by atoms with E-state index in [9.17, 15) is 22.9 Å². The van der Waals surface area contributed by atoms with Crippen LogP contribution in [0.1, 0.15) is 155 Å². The van der Waals surface area contributed by atoms with Gasteiger partial charge in [-0.15, -0.1) is 0 Å². The van der Waals surface area contributed by atoms with Crippen molar-refractivity contribution in [2.45, 2.75) is 155 Å². The van der Waals surface area contributed by atoms with Crippen LogP contribution in [-0.4, -0.2) is 25.5 Å². The number of unbranched alkanes of at least 4 members (excludes halogenated alkanes) is 19. The molecule has 0 saturated carbocycles. The summed E-state index contributed by atoms with van der Waals surface area (Å²) in [6.07, 6.45) is 25.7. The largest absolute Gasteiger partial charge is 1.00 e. The third-order valence-corrected chi connectivity index (χ3v) is 6.17. The number of aliphatic carboxylic acids is 1. The number of carboxylic acids is 1. The van der Waals surface area contributed by atoms with E-state index in [0.717, 1.165) is 25.7 Å². The van der Waals surface area contributed by atoms with Gasteiger partial charge in [0, 0.05) is 5.97 Å². The summed E-state index contributed by atoms with van der Waals surface area (Å²) < 4.78 is 34.5. The molecule has 0 aromatic carbocycles. The Hall–Kier alpha value is 1.98. The Balaban J connectivity index is -0.000000260. The molecule has 0 saturated heterocycles. The monoisotopic (exact) mass is 554 g/mol. The zero-order chi connectivity index (χ0) is 25.0. The second-order valence-electron chi connectivity index (χ2n) is 9.07. The molecule has 0 amide bonds. The van der Waals surface area contributed by atoms with Crippen LogP contribution < -0.4 is 86.0 Å². The number of carbonyl (C=O) groups is 1. The van der Waals surface area contributed by atoms with Gasteiger partial charge in [0.25, 0.3) is 0 Å². The van der Waals surface area contributed by atoms with Crippen LogP contribution in [0.4, 0.5) is 0 Å². The fourth-order valence-corrected chi connectivity index (χ4v) is 4.01. The third-order valence-electron chi connectivity index (χ3n) is 5.71. The fourth-order valence-electron chi connectivity index (χ4n) is 3.68. The van der Waals surface area contributed by atoms with Crippen molar-refractivity contribution in [2.24, 2.45) is 0 Å². The summed E-state index contributed by atoms with van der Waals surface area (Å²) in [4.78, 5) is 10.1. The molecule has 35 heavy (non-hydrogen) atoms. The van der Waals surface area contributed by atoms with Crippen LogP contribution in [0.25, 0.3) is 0 Å². The van der Waals surface area contributed by atoms with Crippen LogP contribution in [0, 0.1) is 0 Å². The Bertz CT molecular complexity index is 506. The molecule has 0 fully saturated rings. The molecule has 0 spiro atoms. The maximum Gasteiger partial charge on any atom is 1.00 e. The quantitative estimate of drug-likeness (QED) is 0.0757. The van der Waals surface area contributed by atoms with Gasteiger partial charge in [0.1, 0.15) is 0 Å². The van der Waals surface area contributed by atoms with E-state index in [1.165, 1.54) is 103 Å².